The van der Waals surface area contributed by atoms with Crippen LogP contribution in [0.4, 0.5) is 0 Å². The van der Waals surface area contributed by atoms with Gasteiger partial charge < -0.3 is 14.6 Å². The van der Waals surface area contributed by atoms with Gasteiger partial charge in [0, 0.05) is 17.6 Å². The lowest BCUT2D eigenvalue weighted by molar-refractivity contribution is -0.132. The molecule has 0 atom stereocenters. The Bertz CT molecular complexity index is 543. The summed E-state index contributed by atoms with van der Waals surface area (Å²) in [5, 5.41) is 8.95. The molecule has 1 heterocycles. The second-order valence-corrected chi connectivity index (χ2v) is 5.48. The minimum atomic E-state index is -0.897. The molecule has 0 fully saturated rings. The highest BCUT2D eigenvalue weighted by Crippen LogP contribution is 2.41. The molecular weight excluding hydrogens is 256 g/mol. The first-order chi connectivity index (χ1) is 9.43. The first-order valence-electron chi connectivity index (χ1n) is 6.79. The van der Waals surface area contributed by atoms with Gasteiger partial charge in [0.25, 0.3) is 0 Å². The van der Waals surface area contributed by atoms with E-state index in [1.54, 1.807) is 6.08 Å². The highest BCUT2D eigenvalue weighted by atomic mass is 16.5. The van der Waals surface area contributed by atoms with Crippen molar-refractivity contribution in [2.45, 2.75) is 39.2 Å². The zero-order valence-electron chi connectivity index (χ0n) is 12.1. The molecule has 0 spiro atoms. The van der Waals surface area contributed by atoms with Gasteiger partial charge in [0.05, 0.1) is 0 Å². The quantitative estimate of drug-likeness (QED) is 0.839. The summed E-state index contributed by atoms with van der Waals surface area (Å²) in [5.41, 5.74) is 1.28. The number of carboxylic acids is 1. The van der Waals surface area contributed by atoms with E-state index in [1.165, 1.54) is 0 Å². The highest BCUT2D eigenvalue weighted by Gasteiger charge is 2.32. The fourth-order valence-corrected chi connectivity index (χ4v) is 2.32. The Morgan fingerprint density at radius 1 is 1.50 bits per heavy atom. The van der Waals surface area contributed by atoms with Gasteiger partial charge in [-0.1, -0.05) is 19.1 Å². The number of benzene rings is 1. The van der Waals surface area contributed by atoms with Crippen molar-refractivity contribution in [1.29, 1.82) is 0 Å². The molecule has 0 saturated carbocycles. The molecule has 1 aliphatic rings. The molecule has 0 saturated heterocycles. The van der Waals surface area contributed by atoms with Crippen LogP contribution in [0.2, 0.25) is 0 Å². The molecular formula is C16H20O4. The van der Waals surface area contributed by atoms with Gasteiger partial charge in [-0.05, 0) is 32.4 Å². The van der Waals surface area contributed by atoms with E-state index in [2.05, 4.69) is 0 Å². The molecule has 1 aromatic carbocycles. The van der Waals surface area contributed by atoms with Gasteiger partial charge in [-0.3, -0.25) is 0 Å². The van der Waals surface area contributed by atoms with Gasteiger partial charge in [-0.2, -0.15) is 0 Å². The molecule has 0 radical (unpaired) electrons. The van der Waals surface area contributed by atoms with Crippen LogP contribution in [-0.2, 0) is 11.2 Å². The SMILES string of the molecule is CCC(=CCOc1cccc2c1OC(C)(C)C2)C(=O)O. The number of fused-ring (bicyclic) bond motifs is 1. The fourth-order valence-electron chi connectivity index (χ4n) is 2.32. The topological polar surface area (TPSA) is 55.8 Å². The average molecular weight is 276 g/mol. The van der Waals surface area contributed by atoms with Crippen LogP contribution in [-0.4, -0.2) is 23.3 Å². The first kappa shape index (κ1) is 14.4. The van der Waals surface area contributed by atoms with Crippen molar-refractivity contribution in [3.63, 3.8) is 0 Å². The van der Waals surface area contributed by atoms with Crippen molar-refractivity contribution in [2.24, 2.45) is 0 Å². The number of para-hydroxylation sites is 1. The molecule has 1 N–H and O–H groups in total. The average Bonchev–Trinajstić information content (AvgIpc) is 2.68. The fraction of sp³-hybridized carbons (Fsp3) is 0.438. The molecule has 20 heavy (non-hydrogen) atoms. The van der Waals surface area contributed by atoms with E-state index in [1.807, 2.05) is 39.0 Å². The van der Waals surface area contributed by atoms with E-state index in [0.29, 0.717) is 17.7 Å². The van der Waals surface area contributed by atoms with Gasteiger partial charge in [0.2, 0.25) is 0 Å². The predicted molar refractivity (Wildman–Crippen MR) is 76.4 cm³/mol. The first-order valence-corrected chi connectivity index (χ1v) is 6.79. The summed E-state index contributed by atoms with van der Waals surface area (Å²) in [6.07, 6.45) is 2.93. The van der Waals surface area contributed by atoms with E-state index in [4.69, 9.17) is 14.6 Å². The molecule has 2 rings (SSSR count). The lowest BCUT2D eigenvalue weighted by Gasteiger charge is -2.18. The molecule has 0 bridgehead atoms. The molecule has 0 amide bonds. The van der Waals surface area contributed by atoms with Crippen LogP contribution in [0.3, 0.4) is 0 Å². The third kappa shape index (κ3) is 3.13. The van der Waals surface area contributed by atoms with Crippen molar-refractivity contribution in [3.05, 3.63) is 35.4 Å². The van der Waals surface area contributed by atoms with Crippen molar-refractivity contribution >= 4 is 5.97 Å². The van der Waals surface area contributed by atoms with E-state index >= 15 is 0 Å². The number of rotatable bonds is 5. The maximum absolute atomic E-state index is 10.9. The summed E-state index contributed by atoms with van der Waals surface area (Å²) in [6.45, 7) is 6.12. The Hall–Kier alpha value is -1.97. The largest absolute Gasteiger partial charge is 0.486 e. The zero-order valence-corrected chi connectivity index (χ0v) is 12.1. The monoisotopic (exact) mass is 276 g/mol. The zero-order chi connectivity index (χ0) is 14.8. The Morgan fingerprint density at radius 3 is 2.90 bits per heavy atom. The molecule has 0 aromatic heterocycles. The number of carboxylic acid groups (broad SMARTS) is 1. The van der Waals surface area contributed by atoms with E-state index in [9.17, 15) is 4.79 Å². The van der Waals surface area contributed by atoms with Gasteiger partial charge in [-0.15, -0.1) is 0 Å². The summed E-state index contributed by atoms with van der Waals surface area (Å²) in [7, 11) is 0. The normalized spacial score (nSPS) is 16.4. The van der Waals surface area contributed by atoms with Crippen molar-refractivity contribution in [1.82, 2.24) is 0 Å². The Balaban J connectivity index is 2.10. The van der Waals surface area contributed by atoms with E-state index < -0.39 is 5.97 Å². The van der Waals surface area contributed by atoms with E-state index in [-0.39, 0.29) is 12.2 Å². The lowest BCUT2D eigenvalue weighted by Crippen LogP contribution is -2.24. The van der Waals surface area contributed by atoms with Gasteiger partial charge in [0.15, 0.2) is 11.5 Å². The summed E-state index contributed by atoms with van der Waals surface area (Å²) >= 11 is 0. The highest BCUT2D eigenvalue weighted by molar-refractivity contribution is 5.86. The number of ether oxygens (including phenoxy) is 2. The molecule has 0 aliphatic carbocycles. The van der Waals surface area contributed by atoms with Crippen LogP contribution in [0.15, 0.2) is 29.8 Å². The standard InChI is InChI=1S/C16H20O4/c1-4-11(15(17)18)8-9-19-13-7-5-6-12-10-16(2,3)20-14(12)13/h5-8H,4,9-10H2,1-3H3,(H,17,18). The Kier molecular flexibility index (Phi) is 4.02. The third-order valence-electron chi connectivity index (χ3n) is 3.28. The Labute approximate surface area is 119 Å². The summed E-state index contributed by atoms with van der Waals surface area (Å²) < 4.78 is 11.6. The number of aliphatic carboxylic acids is 1. The van der Waals surface area contributed by atoms with Crippen molar-refractivity contribution < 1.29 is 19.4 Å². The van der Waals surface area contributed by atoms with Crippen LogP contribution < -0.4 is 9.47 Å². The maximum atomic E-state index is 10.9. The molecule has 4 heteroatoms. The molecule has 1 aromatic rings. The smallest absolute Gasteiger partial charge is 0.331 e. The summed E-state index contributed by atoms with van der Waals surface area (Å²) in [4.78, 5) is 10.9. The predicted octanol–water partition coefficient (Wildman–Crippen LogP) is 3.20. The van der Waals surface area contributed by atoms with E-state index in [0.717, 1.165) is 17.7 Å². The third-order valence-corrected chi connectivity index (χ3v) is 3.28. The van der Waals surface area contributed by atoms with Crippen LogP contribution in [0, 0.1) is 0 Å². The second kappa shape index (κ2) is 5.57. The van der Waals surface area contributed by atoms with Crippen LogP contribution in [0.5, 0.6) is 11.5 Å². The number of carbonyl (C=O) groups is 1. The molecule has 0 unspecified atom stereocenters. The van der Waals surface area contributed by atoms with Crippen molar-refractivity contribution in [3.8, 4) is 11.5 Å². The second-order valence-electron chi connectivity index (χ2n) is 5.48. The van der Waals surface area contributed by atoms with Gasteiger partial charge in [0.1, 0.15) is 12.2 Å². The minimum absolute atomic E-state index is 0.215. The van der Waals surface area contributed by atoms with Crippen LogP contribution in [0.25, 0.3) is 0 Å². The number of hydrogen-bond donors (Lipinski definition) is 1. The maximum Gasteiger partial charge on any atom is 0.331 e. The molecule has 108 valence electrons. The van der Waals surface area contributed by atoms with Crippen molar-refractivity contribution in [2.75, 3.05) is 6.61 Å². The summed E-state index contributed by atoms with van der Waals surface area (Å²) in [5.74, 6) is 0.552. The number of hydrogen-bond acceptors (Lipinski definition) is 3. The van der Waals surface area contributed by atoms with Crippen LogP contribution >= 0.6 is 0 Å². The molecule has 4 nitrogen and oxygen atoms in total. The minimum Gasteiger partial charge on any atom is -0.486 e. The van der Waals surface area contributed by atoms with Gasteiger partial charge in [-0.25, -0.2) is 4.79 Å². The summed E-state index contributed by atoms with van der Waals surface area (Å²) in [6, 6.07) is 5.81. The Morgan fingerprint density at radius 2 is 2.25 bits per heavy atom. The van der Waals surface area contributed by atoms with Crippen LogP contribution in [0.1, 0.15) is 32.8 Å². The lowest BCUT2D eigenvalue weighted by atomic mass is 10.0. The molecule has 1 aliphatic heterocycles. The van der Waals surface area contributed by atoms with Gasteiger partial charge >= 0.3 is 5.97 Å².